The summed E-state index contributed by atoms with van der Waals surface area (Å²) in [6.45, 7) is 0.595. The normalized spacial score (nSPS) is 11.9. The van der Waals surface area contributed by atoms with E-state index in [4.69, 9.17) is 4.74 Å². The van der Waals surface area contributed by atoms with E-state index in [2.05, 4.69) is 32.4 Å². The molecule has 0 aliphatic carbocycles. The highest BCUT2D eigenvalue weighted by Gasteiger charge is 2.16. The summed E-state index contributed by atoms with van der Waals surface area (Å²) >= 11 is 0. The van der Waals surface area contributed by atoms with Gasteiger partial charge in [0.2, 0.25) is 11.7 Å². The molecule has 3 N–H and O–H groups in total. The lowest BCUT2D eigenvalue weighted by atomic mass is 10.1. The zero-order valence-electron chi connectivity index (χ0n) is 18.9. The van der Waals surface area contributed by atoms with E-state index in [9.17, 15) is 9.90 Å². The summed E-state index contributed by atoms with van der Waals surface area (Å²) in [7, 11) is 0. The van der Waals surface area contributed by atoms with Gasteiger partial charge < -0.3 is 14.8 Å². The van der Waals surface area contributed by atoms with Crippen molar-refractivity contribution >= 4 is 16.8 Å². The summed E-state index contributed by atoms with van der Waals surface area (Å²) in [5, 5.41) is 13.8. The molecule has 0 aliphatic heterocycles. The minimum atomic E-state index is -0.934. The van der Waals surface area contributed by atoms with Crippen LogP contribution < -0.4 is 10.1 Å². The molecule has 3 aromatic carbocycles. The second-order valence-corrected chi connectivity index (χ2v) is 8.05. The van der Waals surface area contributed by atoms with Crippen molar-refractivity contribution in [3.63, 3.8) is 0 Å². The van der Waals surface area contributed by atoms with Crippen LogP contribution in [0.5, 0.6) is 11.6 Å². The molecule has 0 fully saturated rings. The van der Waals surface area contributed by atoms with E-state index in [0.717, 1.165) is 17.5 Å². The summed E-state index contributed by atoms with van der Waals surface area (Å²) in [5.41, 5.74) is 3.76. The number of aliphatic hydroxyl groups is 1. The summed E-state index contributed by atoms with van der Waals surface area (Å²) in [5.74, 6) is 0.882. The maximum absolute atomic E-state index is 12.8. The van der Waals surface area contributed by atoms with Gasteiger partial charge in [-0.1, -0.05) is 42.5 Å². The van der Waals surface area contributed by atoms with E-state index in [0.29, 0.717) is 29.3 Å². The molecule has 5 aromatic rings. The molecule has 2 heterocycles. The van der Waals surface area contributed by atoms with Crippen molar-refractivity contribution in [1.29, 1.82) is 0 Å². The lowest BCUT2D eigenvalue weighted by molar-refractivity contribution is 0.103. The Morgan fingerprint density at radius 3 is 2.51 bits per heavy atom. The quantitative estimate of drug-likeness (QED) is 0.214. The zero-order valence-corrected chi connectivity index (χ0v) is 18.9. The Morgan fingerprint density at radius 2 is 1.71 bits per heavy atom. The SMILES string of the molecule is O=C(c1ccc(Oc2ncccc2C(O)NCCc2ccccc2)cc1)c1nc2ccccc2[nH]1. The average molecular weight is 465 g/mol. The number of carbonyl (C=O) groups is 1. The van der Waals surface area contributed by atoms with Crippen molar-refractivity contribution in [1.82, 2.24) is 20.3 Å². The first-order chi connectivity index (χ1) is 17.2. The number of para-hydroxylation sites is 2. The fourth-order valence-electron chi connectivity index (χ4n) is 3.79. The molecular weight excluding hydrogens is 440 g/mol. The van der Waals surface area contributed by atoms with Gasteiger partial charge >= 0.3 is 0 Å². The predicted octanol–water partition coefficient (Wildman–Crippen LogP) is 4.80. The highest BCUT2D eigenvalue weighted by molar-refractivity contribution is 6.08. The Kier molecular flexibility index (Phi) is 6.61. The van der Waals surface area contributed by atoms with Crippen LogP contribution >= 0.6 is 0 Å². The van der Waals surface area contributed by atoms with Gasteiger partial charge in [0.25, 0.3) is 0 Å². The van der Waals surface area contributed by atoms with Crippen molar-refractivity contribution in [2.24, 2.45) is 0 Å². The van der Waals surface area contributed by atoms with Crippen LogP contribution in [0.1, 0.15) is 33.5 Å². The lowest BCUT2D eigenvalue weighted by Gasteiger charge is -2.16. The Bertz CT molecular complexity index is 1400. The third kappa shape index (κ3) is 5.27. The molecule has 1 unspecified atom stereocenters. The number of aromatic nitrogens is 3. The smallest absolute Gasteiger partial charge is 0.228 e. The molecule has 0 bridgehead atoms. The highest BCUT2D eigenvalue weighted by atomic mass is 16.5. The van der Waals surface area contributed by atoms with Gasteiger partial charge in [-0.2, -0.15) is 0 Å². The number of imidazole rings is 1. The molecule has 0 radical (unpaired) electrons. The van der Waals surface area contributed by atoms with Gasteiger partial charge in [-0.25, -0.2) is 9.97 Å². The number of benzene rings is 3. The molecule has 2 aromatic heterocycles. The maximum atomic E-state index is 12.8. The number of H-pyrrole nitrogens is 1. The first kappa shape index (κ1) is 22.5. The van der Waals surface area contributed by atoms with Crippen LogP contribution in [0, 0.1) is 0 Å². The standard InChI is InChI=1S/C28H24N4O3/c33-25(26-31-23-10-4-5-11-24(23)32-26)20-12-14-21(15-13-20)35-28-22(9-6-17-30-28)27(34)29-18-16-19-7-2-1-3-8-19/h1-15,17,27,29,34H,16,18H2,(H,31,32). The van der Waals surface area contributed by atoms with E-state index in [1.807, 2.05) is 42.5 Å². The Morgan fingerprint density at radius 1 is 0.943 bits per heavy atom. The fraction of sp³-hybridized carbons (Fsp3) is 0.107. The van der Waals surface area contributed by atoms with Crippen LogP contribution in [0.15, 0.2) is 97.2 Å². The van der Waals surface area contributed by atoms with Crippen molar-refractivity contribution in [3.8, 4) is 11.6 Å². The number of hydrogen-bond donors (Lipinski definition) is 3. The van der Waals surface area contributed by atoms with Crippen LogP contribution in [0.3, 0.4) is 0 Å². The predicted molar refractivity (Wildman–Crippen MR) is 133 cm³/mol. The molecule has 1 atom stereocenters. The van der Waals surface area contributed by atoms with Crippen molar-refractivity contribution in [2.75, 3.05) is 6.54 Å². The first-order valence-electron chi connectivity index (χ1n) is 11.3. The van der Waals surface area contributed by atoms with Crippen LogP contribution in [0.2, 0.25) is 0 Å². The number of ketones is 1. The summed E-state index contributed by atoms with van der Waals surface area (Å²) < 4.78 is 5.94. The van der Waals surface area contributed by atoms with Crippen LogP contribution in [-0.4, -0.2) is 32.4 Å². The fourth-order valence-corrected chi connectivity index (χ4v) is 3.79. The van der Waals surface area contributed by atoms with E-state index in [1.165, 1.54) is 5.56 Å². The minimum Gasteiger partial charge on any atom is -0.439 e. The second kappa shape index (κ2) is 10.3. The van der Waals surface area contributed by atoms with Gasteiger partial charge in [0, 0.05) is 18.3 Å². The van der Waals surface area contributed by atoms with Crippen LogP contribution in [0.25, 0.3) is 11.0 Å². The number of aliphatic hydroxyl groups excluding tert-OH is 1. The molecule has 0 amide bonds. The summed E-state index contributed by atoms with van der Waals surface area (Å²) in [6, 6.07) is 27.9. The molecule has 0 spiro atoms. The van der Waals surface area contributed by atoms with Gasteiger partial charge in [0.1, 0.15) is 12.0 Å². The first-order valence-corrected chi connectivity index (χ1v) is 11.3. The zero-order chi connectivity index (χ0) is 24.0. The number of ether oxygens (including phenoxy) is 1. The Hall–Kier alpha value is -4.33. The van der Waals surface area contributed by atoms with Gasteiger partial charge in [0.15, 0.2) is 5.82 Å². The number of hydrogen-bond acceptors (Lipinski definition) is 6. The van der Waals surface area contributed by atoms with E-state index >= 15 is 0 Å². The molecule has 174 valence electrons. The molecule has 7 nitrogen and oxygen atoms in total. The average Bonchev–Trinajstić information content (AvgIpc) is 3.34. The maximum Gasteiger partial charge on any atom is 0.228 e. The topological polar surface area (TPSA) is 100 Å². The van der Waals surface area contributed by atoms with Crippen molar-refractivity contribution in [2.45, 2.75) is 12.6 Å². The number of fused-ring (bicyclic) bond motifs is 1. The molecule has 7 heteroatoms. The van der Waals surface area contributed by atoms with Crippen LogP contribution in [0.4, 0.5) is 0 Å². The van der Waals surface area contributed by atoms with E-state index < -0.39 is 6.23 Å². The lowest BCUT2D eigenvalue weighted by Crippen LogP contribution is -2.24. The highest BCUT2D eigenvalue weighted by Crippen LogP contribution is 2.27. The van der Waals surface area contributed by atoms with Crippen molar-refractivity contribution < 1.29 is 14.6 Å². The molecule has 35 heavy (non-hydrogen) atoms. The second-order valence-electron chi connectivity index (χ2n) is 8.05. The Labute approximate surface area is 202 Å². The molecule has 0 saturated heterocycles. The van der Waals surface area contributed by atoms with Gasteiger partial charge in [-0.3, -0.25) is 10.1 Å². The number of nitrogens with zero attached hydrogens (tertiary/aromatic N) is 2. The monoisotopic (exact) mass is 464 g/mol. The number of nitrogens with one attached hydrogen (secondary N) is 2. The number of pyridine rings is 1. The summed E-state index contributed by atoms with van der Waals surface area (Å²) in [6.07, 6.45) is 1.46. The van der Waals surface area contributed by atoms with Gasteiger partial charge in [-0.05, 0) is 60.5 Å². The molecule has 0 aliphatic rings. The van der Waals surface area contributed by atoms with E-state index in [-0.39, 0.29) is 11.6 Å². The molecule has 5 rings (SSSR count). The number of aromatic amines is 1. The summed E-state index contributed by atoms with van der Waals surface area (Å²) in [4.78, 5) is 24.6. The third-order valence-corrected chi connectivity index (χ3v) is 5.62. The van der Waals surface area contributed by atoms with Gasteiger partial charge in [-0.15, -0.1) is 0 Å². The molecule has 0 saturated carbocycles. The largest absolute Gasteiger partial charge is 0.439 e. The van der Waals surface area contributed by atoms with Crippen molar-refractivity contribution in [3.05, 3.63) is 120 Å². The molecular formula is C28H24N4O3. The van der Waals surface area contributed by atoms with E-state index in [1.54, 1.807) is 42.6 Å². The number of rotatable bonds is 9. The number of carbonyl (C=O) groups excluding carboxylic acids is 1. The Balaban J connectivity index is 1.25. The van der Waals surface area contributed by atoms with Crippen LogP contribution in [-0.2, 0) is 6.42 Å². The minimum absolute atomic E-state index is 0.204. The van der Waals surface area contributed by atoms with Gasteiger partial charge in [0.05, 0.1) is 16.6 Å². The third-order valence-electron chi connectivity index (χ3n) is 5.62.